The number of aromatic nitrogens is 4. The van der Waals surface area contributed by atoms with Crippen LogP contribution in [-0.4, -0.2) is 43.8 Å². The number of hydrogen-bond donors (Lipinski definition) is 0. The lowest BCUT2D eigenvalue weighted by Crippen LogP contribution is -2.27. The number of nitrogens with zero attached hydrogens (tertiary/aromatic N) is 5. The minimum absolute atomic E-state index is 0.0159. The number of furan rings is 1. The monoisotopic (exact) mass is 357 g/mol. The first-order chi connectivity index (χ1) is 12.0. The van der Waals surface area contributed by atoms with Crippen LogP contribution in [-0.2, 0) is 11.3 Å². The van der Waals surface area contributed by atoms with Gasteiger partial charge in [-0.15, -0.1) is 5.10 Å². The molecular formula is C17H19N5O2S. The van der Waals surface area contributed by atoms with Crippen LogP contribution in [0.25, 0.3) is 5.69 Å². The molecular weight excluding hydrogens is 338 g/mol. The molecule has 0 aliphatic heterocycles. The maximum atomic E-state index is 12.3. The number of aryl methyl sites for hydroxylation is 2. The Bertz CT molecular complexity index is 873. The minimum atomic E-state index is -0.0159. The van der Waals surface area contributed by atoms with Crippen LogP contribution in [0.3, 0.4) is 0 Å². The van der Waals surface area contributed by atoms with Crippen molar-refractivity contribution in [2.45, 2.75) is 25.5 Å². The molecule has 0 N–H and O–H groups in total. The van der Waals surface area contributed by atoms with E-state index in [2.05, 4.69) is 15.5 Å². The summed E-state index contributed by atoms with van der Waals surface area (Å²) in [4.78, 5) is 14.0. The van der Waals surface area contributed by atoms with Crippen molar-refractivity contribution < 1.29 is 9.21 Å². The molecule has 130 valence electrons. The van der Waals surface area contributed by atoms with Gasteiger partial charge in [-0.2, -0.15) is 4.68 Å². The molecule has 3 aromatic rings. The second-order valence-electron chi connectivity index (χ2n) is 5.76. The third kappa shape index (κ3) is 4.27. The van der Waals surface area contributed by atoms with Crippen molar-refractivity contribution in [3.63, 3.8) is 0 Å². The number of tetrazole rings is 1. The Morgan fingerprint density at radius 2 is 2.12 bits per heavy atom. The zero-order chi connectivity index (χ0) is 17.8. The fourth-order valence-electron chi connectivity index (χ4n) is 2.32. The van der Waals surface area contributed by atoms with E-state index < -0.39 is 0 Å². The molecule has 7 nitrogen and oxygen atoms in total. The maximum absolute atomic E-state index is 12.3. The van der Waals surface area contributed by atoms with Crippen molar-refractivity contribution in [3.05, 3.63) is 53.5 Å². The Labute approximate surface area is 150 Å². The van der Waals surface area contributed by atoms with Crippen molar-refractivity contribution >= 4 is 17.7 Å². The highest BCUT2D eigenvalue weighted by Gasteiger charge is 2.15. The fourth-order valence-corrected chi connectivity index (χ4v) is 3.15. The third-order valence-electron chi connectivity index (χ3n) is 3.63. The van der Waals surface area contributed by atoms with E-state index in [1.807, 2.05) is 50.2 Å². The van der Waals surface area contributed by atoms with Crippen molar-refractivity contribution in [3.8, 4) is 5.69 Å². The molecule has 0 spiro atoms. The lowest BCUT2D eigenvalue weighted by Gasteiger charge is -2.15. The summed E-state index contributed by atoms with van der Waals surface area (Å²) in [6.45, 7) is 4.33. The maximum Gasteiger partial charge on any atom is 0.233 e. The van der Waals surface area contributed by atoms with Crippen LogP contribution in [0.5, 0.6) is 0 Å². The van der Waals surface area contributed by atoms with E-state index in [0.29, 0.717) is 11.7 Å². The summed E-state index contributed by atoms with van der Waals surface area (Å²) < 4.78 is 7.15. The molecule has 0 aliphatic rings. The van der Waals surface area contributed by atoms with Crippen LogP contribution >= 0.6 is 11.8 Å². The van der Waals surface area contributed by atoms with E-state index in [-0.39, 0.29) is 11.7 Å². The molecule has 0 aliphatic carbocycles. The molecule has 0 saturated carbocycles. The molecule has 25 heavy (non-hydrogen) atoms. The van der Waals surface area contributed by atoms with Gasteiger partial charge in [0.1, 0.15) is 11.5 Å². The van der Waals surface area contributed by atoms with Gasteiger partial charge in [-0.25, -0.2) is 0 Å². The number of amides is 1. The number of benzene rings is 1. The summed E-state index contributed by atoms with van der Waals surface area (Å²) in [5.41, 5.74) is 1.99. The van der Waals surface area contributed by atoms with E-state index in [1.165, 1.54) is 11.8 Å². The lowest BCUT2D eigenvalue weighted by molar-refractivity contribution is -0.127. The van der Waals surface area contributed by atoms with Gasteiger partial charge >= 0.3 is 0 Å². The Hall–Kier alpha value is -2.61. The highest BCUT2D eigenvalue weighted by atomic mass is 32.2. The van der Waals surface area contributed by atoms with Gasteiger partial charge in [0.25, 0.3) is 0 Å². The summed E-state index contributed by atoms with van der Waals surface area (Å²) in [5, 5.41) is 12.3. The van der Waals surface area contributed by atoms with Gasteiger partial charge in [0.05, 0.1) is 18.0 Å². The number of rotatable bonds is 6. The predicted molar refractivity (Wildman–Crippen MR) is 94.5 cm³/mol. The van der Waals surface area contributed by atoms with Crippen LogP contribution in [0, 0.1) is 13.8 Å². The Morgan fingerprint density at radius 3 is 2.84 bits per heavy atom. The molecule has 1 aromatic carbocycles. The zero-order valence-electron chi connectivity index (χ0n) is 14.3. The molecule has 3 rings (SSSR count). The SMILES string of the molecule is Cc1cccc(-n2nnnc2SCC(=O)N(C)Cc2ccc(C)o2)c1. The smallest absolute Gasteiger partial charge is 0.233 e. The van der Waals surface area contributed by atoms with Gasteiger partial charge in [0.2, 0.25) is 11.1 Å². The molecule has 0 radical (unpaired) electrons. The van der Waals surface area contributed by atoms with E-state index in [9.17, 15) is 4.79 Å². The van der Waals surface area contributed by atoms with Gasteiger partial charge in [-0.05, 0) is 54.1 Å². The number of hydrogen-bond acceptors (Lipinski definition) is 6. The molecule has 0 saturated heterocycles. The first kappa shape index (κ1) is 17.2. The molecule has 0 unspecified atom stereocenters. The quantitative estimate of drug-likeness (QED) is 0.631. The summed E-state index contributed by atoms with van der Waals surface area (Å²) in [6, 6.07) is 11.7. The summed E-state index contributed by atoms with van der Waals surface area (Å²) in [6.07, 6.45) is 0. The molecule has 0 bridgehead atoms. The first-order valence-corrected chi connectivity index (χ1v) is 8.79. The predicted octanol–water partition coefficient (Wildman–Crippen LogP) is 2.62. The van der Waals surface area contributed by atoms with Crippen LogP contribution in [0.2, 0.25) is 0 Å². The first-order valence-electron chi connectivity index (χ1n) is 7.80. The van der Waals surface area contributed by atoms with Crippen LogP contribution in [0.15, 0.2) is 46.0 Å². The van der Waals surface area contributed by atoms with Crippen LogP contribution in [0.4, 0.5) is 0 Å². The molecule has 2 aromatic heterocycles. The number of carbonyl (C=O) groups excluding carboxylic acids is 1. The molecule has 8 heteroatoms. The van der Waals surface area contributed by atoms with Crippen molar-refractivity contribution in [2.75, 3.05) is 12.8 Å². The topological polar surface area (TPSA) is 77.1 Å². The highest BCUT2D eigenvalue weighted by molar-refractivity contribution is 7.99. The van der Waals surface area contributed by atoms with E-state index in [0.717, 1.165) is 22.8 Å². The second-order valence-corrected chi connectivity index (χ2v) is 6.71. The molecule has 0 atom stereocenters. The lowest BCUT2D eigenvalue weighted by atomic mass is 10.2. The standard InChI is InChI=1S/C17H19N5O2S/c1-12-5-4-6-14(9-12)22-17(18-19-20-22)25-11-16(23)21(3)10-15-8-7-13(2)24-15/h4-9H,10-11H2,1-3H3. The van der Waals surface area contributed by atoms with Crippen LogP contribution < -0.4 is 0 Å². The van der Waals surface area contributed by atoms with Crippen molar-refractivity contribution in [1.29, 1.82) is 0 Å². The molecule has 2 heterocycles. The van der Waals surface area contributed by atoms with Gasteiger partial charge in [0, 0.05) is 7.05 Å². The Balaban J connectivity index is 1.62. The zero-order valence-corrected chi connectivity index (χ0v) is 15.2. The normalized spacial score (nSPS) is 10.8. The molecule has 0 fully saturated rings. The van der Waals surface area contributed by atoms with Gasteiger partial charge in [-0.3, -0.25) is 4.79 Å². The van der Waals surface area contributed by atoms with Gasteiger partial charge < -0.3 is 9.32 Å². The highest BCUT2D eigenvalue weighted by Crippen LogP contribution is 2.19. The van der Waals surface area contributed by atoms with E-state index >= 15 is 0 Å². The summed E-state index contributed by atoms with van der Waals surface area (Å²) in [5.74, 6) is 1.84. The van der Waals surface area contributed by atoms with E-state index in [1.54, 1.807) is 16.6 Å². The second kappa shape index (κ2) is 7.52. The van der Waals surface area contributed by atoms with Crippen molar-refractivity contribution in [1.82, 2.24) is 25.1 Å². The number of carbonyl (C=O) groups is 1. The summed E-state index contributed by atoms with van der Waals surface area (Å²) in [7, 11) is 1.75. The molecule has 1 amide bonds. The summed E-state index contributed by atoms with van der Waals surface area (Å²) >= 11 is 1.31. The van der Waals surface area contributed by atoms with Gasteiger partial charge in [-0.1, -0.05) is 23.9 Å². The largest absolute Gasteiger partial charge is 0.464 e. The Kier molecular flexibility index (Phi) is 5.18. The Morgan fingerprint density at radius 1 is 1.28 bits per heavy atom. The number of thioether (sulfide) groups is 1. The minimum Gasteiger partial charge on any atom is -0.464 e. The van der Waals surface area contributed by atoms with Crippen molar-refractivity contribution in [2.24, 2.45) is 0 Å². The third-order valence-corrected chi connectivity index (χ3v) is 4.53. The average molecular weight is 357 g/mol. The van der Waals surface area contributed by atoms with Crippen LogP contribution in [0.1, 0.15) is 17.1 Å². The fraction of sp³-hybridized carbons (Fsp3) is 0.294. The van der Waals surface area contributed by atoms with E-state index in [4.69, 9.17) is 4.42 Å². The van der Waals surface area contributed by atoms with Gasteiger partial charge in [0.15, 0.2) is 0 Å². The average Bonchev–Trinajstić information content (AvgIpc) is 3.21.